The molecule has 0 amide bonds. The number of rotatable bonds is 6. The van der Waals surface area contributed by atoms with Crippen LogP contribution in [0.25, 0.3) is 0 Å². The number of para-hydroxylation sites is 2. The van der Waals surface area contributed by atoms with Crippen LogP contribution in [0.2, 0.25) is 0 Å². The molecule has 1 atom stereocenters. The molecule has 0 aliphatic heterocycles. The van der Waals surface area contributed by atoms with Gasteiger partial charge in [-0.2, -0.15) is 0 Å². The second kappa shape index (κ2) is 8.65. The van der Waals surface area contributed by atoms with E-state index in [4.69, 9.17) is 4.99 Å². The maximum absolute atomic E-state index is 5.14. The van der Waals surface area contributed by atoms with E-state index in [1.54, 1.807) is 0 Å². The summed E-state index contributed by atoms with van der Waals surface area (Å²) >= 11 is 0. The highest BCUT2D eigenvalue weighted by Gasteiger charge is 2.29. The van der Waals surface area contributed by atoms with E-state index < -0.39 is 0 Å². The minimum Gasteiger partial charge on any atom is -0.374 e. The predicted octanol–water partition coefficient (Wildman–Crippen LogP) is 7.13. The normalized spacial score (nSPS) is 13.8. The zero-order chi connectivity index (χ0) is 21.0. The van der Waals surface area contributed by atoms with Crippen molar-refractivity contribution in [2.24, 2.45) is 4.99 Å². The van der Waals surface area contributed by atoms with Crippen LogP contribution in [0.15, 0.2) is 71.7 Å². The van der Waals surface area contributed by atoms with Gasteiger partial charge in [0, 0.05) is 17.8 Å². The molecule has 1 unspecified atom stereocenters. The number of hydrogen-bond donors (Lipinski definition) is 1. The van der Waals surface area contributed by atoms with Crippen LogP contribution in [0.4, 0.5) is 11.4 Å². The molecule has 0 aliphatic rings. The van der Waals surface area contributed by atoms with Crippen LogP contribution < -0.4 is 5.32 Å². The summed E-state index contributed by atoms with van der Waals surface area (Å²) in [4.78, 5) is 5.14. The number of aliphatic imine (C=N–C) groups is 1. The smallest absolute Gasteiger partial charge is 0.0766 e. The lowest BCUT2D eigenvalue weighted by atomic mass is 9.87. The molecule has 0 bridgehead atoms. The van der Waals surface area contributed by atoms with E-state index in [0.717, 1.165) is 17.8 Å². The lowest BCUT2D eigenvalue weighted by Gasteiger charge is -2.34. The van der Waals surface area contributed by atoms with E-state index in [0.29, 0.717) is 0 Å². The van der Waals surface area contributed by atoms with Gasteiger partial charge in [0.05, 0.1) is 11.2 Å². The van der Waals surface area contributed by atoms with Crippen LogP contribution in [0.1, 0.15) is 41.7 Å². The second-order valence-corrected chi connectivity index (χ2v) is 8.32. The second-order valence-electron chi connectivity index (χ2n) is 8.32. The van der Waals surface area contributed by atoms with Gasteiger partial charge in [0.25, 0.3) is 0 Å². The molecule has 0 saturated carbocycles. The molecule has 3 rings (SSSR count). The highest BCUT2D eigenvalue weighted by molar-refractivity contribution is 5.96. The molecular weight excluding hydrogens is 352 g/mol. The molecule has 0 fully saturated rings. The number of aryl methyl sites for hydroxylation is 4. The molecule has 150 valence electrons. The maximum Gasteiger partial charge on any atom is 0.0766 e. The van der Waals surface area contributed by atoms with Crippen LogP contribution in [0.3, 0.4) is 0 Å². The van der Waals surface area contributed by atoms with Crippen LogP contribution in [0, 0.1) is 27.7 Å². The quantitative estimate of drug-likeness (QED) is 0.449. The zero-order valence-electron chi connectivity index (χ0n) is 18.5. The monoisotopic (exact) mass is 384 g/mol. The molecular formula is C27H32N2. The minimum atomic E-state index is -0.313. The Hall–Kier alpha value is -2.87. The molecule has 0 saturated heterocycles. The molecule has 1 N–H and O–H groups in total. The van der Waals surface area contributed by atoms with Crippen molar-refractivity contribution in [2.75, 3.05) is 5.32 Å². The Labute approximate surface area is 175 Å². The lowest BCUT2D eigenvalue weighted by molar-refractivity contribution is 0.667. The Bertz CT molecular complexity index is 977. The molecule has 0 spiro atoms. The first-order chi connectivity index (χ1) is 13.8. The summed E-state index contributed by atoms with van der Waals surface area (Å²) in [6.45, 7) is 13.0. The topological polar surface area (TPSA) is 24.4 Å². The SMILES string of the molecule is CC(=Nc1c(C)cccc1C)C(C)(Cc1ccccc1)Nc1c(C)cccc1C. The molecule has 2 heteroatoms. The fraction of sp³-hybridized carbons (Fsp3) is 0.296. The van der Waals surface area contributed by atoms with Crippen molar-refractivity contribution in [3.63, 3.8) is 0 Å². The number of hydrogen-bond acceptors (Lipinski definition) is 2. The Balaban J connectivity index is 2.08. The van der Waals surface area contributed by atoms with Crippen molar-refractivity contribution < 1.29 is 0 Å². The summed E-state index contributed by atoms with van der Waals surface area (Å²) in [5, 5.41) is 3.87. The molecule has 2 nitrogen and oxygen atoms in total. The standard InChI is InChI=1S/C27H32N2/c1-19-12-10-13-20(2)25(19)28-23(5)27(6,18-24-16-8-7-9-17-24)29-26-21(3)14-11-15-22(26)4/h7-17,29H,18H2,1-6H3. The van der Waals surface area contributed by atoms with Crippen LogP contribution >= 0.6 is 0 Å². The van der Waals surface area contributed by atoms with E-state index >= 15 is 0 Å². The van der Waals surface area contributed by atoms with Gasteiger partial charge in [-0.1, -0.05) is 66.7 Å². The van der Waals surface area contributed by atoms with Gasteiger partial charge in [-0.25, -0.2) is 0 Å². The fourth-order valence-electron chi connectivity index (χ4n) is 3.83. The number of nitrogens with zero attached hydrogens (tertiary/aromatic N) is 1. The van der Waals surface area contributed by atoms with E-state index in [-0.39, 0.29) is 5.54 Å². The van der Waals surface area contributed by atoms with Crippen molar-refractivity contribution in [1.29, 1.82) is 0 Å². The third-order valence-electron chi connectivity index (χ3n) is 5.80. The Morgan fingerprint density at radius 2 is 1.28 bits per heavy atom. The first kappa shape index (κ1) is 20.9. The summed E-state index contributed by atoms with van der Waals surface area (Å²) in [6, 6.07) is 23.5. The number of benzene rings is 3. The number of anilines is 1. The molecule has 3 aromatic carbocycles. The van der Waals surface area contributed by atoms with Gasteiger partial charge < -0.3 is 5.32 Å². The molecule has 0 radical (unpaired) electrons. The summed E-state index contributed by atoms with van der Waals surface area (Å²) in [7, 11) is 0. The van der Waals surface area contributed by atoms with Crippen molar-refractivity contribution >= 4 is 17.1 Å². The Morgan fingerprint density at radius 1 is 0.759 bits per heavy atom. The number of nitrogens with one attached hydrogen (secondary N) is 1. The summed E-state index contributed by atoms with van der Waals surface area (Å²) in [5.41, 5.74) is 9.26. The highest BCUT2D eigenvalue weighted by Crippen LogP contribution is 2.30. The average molecular weight is 385 g/mol. The Morgan fingerprint density at radius 3 is 1.83 bits per heavy atom. The van der Waals surface area contributed by atoms with Gasteiger partial charge in [-0.3, -0.25) is 4.99 Å². The molecule has 0 aliphatic carbocycles. The van der Waals surface area contributed by atoms with Gasteiger partial charge in [-0.05, 0) is 69.4 Å². The van der Waals surface area contributed by atoms with E-state index in [2.05, 4.69) is 114 Å². The molecule has 0 heterocycles. The summed E-state index contributed by atoms with van der Waals surface area (Å²) < 4.78 is 0. The predicted molar refractivity (Wildman–Crippen MR) is 127 cm³/mol. The highest BCUT2D eigenvalue weighted by atomic mass is 15.0. The minimum absolute atomic E-state index is 0.313. The van der Waals surface area contributed by atoms with Gasteiger partial charge in [-0.15, -0.1) is 0 Å². The Kier molecular flexibility index (Phi) is 6.22. The summed E-state index contributed by atoms with van der Waals surface area (Å²) in [5.74, 6) is 0. The summed E-state index contributed by atoms with van der Waals surface area (Å²) in [6.07, 6.45) is 0.863. The van der Waals surface area contributed by atoms with Gasteiger partial charge in [0.2, 0.25) is 0 Å². The van der Waals surface area contributed by atoms with Crippen LogP contribution in [-0.4, -0.2) is 11.3 Å². The fourth-order valence-corrected chi connectivity index (χ4v) is 3.83. The van der Waals surface area contributed by atoms with Crippen molar-refractivity contribution in [3.05, 3.63) is 94.5 Å². The third kappa shape index (κ3) is 4.76. The average Bonchev–Trinajstić information content (AvgIpc) is 2.68. The van der Waals surface area contributed by atoms with Crippen LogP contribution in [-0.2, 0) is 6.42 Å². The van der Waals surface area contributed by atoms with Gasteiger partial charge in [0.15, 0.2) is 0 Å². The van der Waals surface area contributed by atoms with E-state index in [1.807, 2.05) is 0 Å². The third-order valence-corrected chi connectivity index (χ3v) is 5.80. The largest absolute Gasteiger partial charge is 0.374 e. The van der Waals surface area contributed by atoms with Crippen molar-refractivity contribution in [3.8, 4) is 0 Å². The van der Waals surface area contributed by atoms with Crippen LogP contribution in [0.5, 0.6) is 0 Å². The molecule has 0 aromatic heterocycles. The van der Waals surface area contributed by atoms with Gasteiger partial charge >= 0.3 is 0 Å². The van der Waals surface area contributed by atoms with Crippen molar-refractivity contribution in [1.82, 2.24) is 0 Å². The first-order valence-electron chi connectivity index (χ1n) is 10.3. The van der Waals surface area contributed by atoms with E-state index in [1.165, 1.54) is 33.5 Å². The van der Waals surface area contributed by atoms with Gasteiger partial charge in [0.1, 0.15) is 0 Å². The molecule has 3 aromatic rings. The van der Waals surface area contributed by atoms with E-state index in [9.17, 15) is 0 Å². The lowest BCUT2D eigenvalue weighted by Crippen LogP contribution is -2.44. The molecule has 29 heavy (non-hydrogen) atoms. The van der Waals surface area contributed by atoms with Crippen molar-refractivity contribution in [2.45, 2.75) is 53.5 Å². The zero-order valence-corrected chi connectivity index (χ0v) is 18.5. The first-order valence-corrected chi connectivity index (χ1v) is 10.3. The maximum atomic E-state index is 5.14.